The first-order chi connectivity index (χ1) is 7.20. The van der Waals surface area contributed by atoms with E-state index in [4.69, 9.17) is 0 Å². The van der Waals surface area contributed by atoms with E-state index in [9.17, 15) is 22.0 Å². The first-order valence-electron chi connectivity index (χ1n) is 4.06. The zero-order valence-electron chi connectivity index (χ0n) is 7.58. The van der Waals surface area contributed by atoms with Gasteiger partial charge in [0.25, 0.3) is 0 Å². The van der Waals surface area contributed by atoms with Crippen LogP contribution in [0.1, 0.15) is 16.8 Å². The molecule has 90 valence electrons. The van der Waals surface area contributed by atoms with Gasteiger partial charge in [0.2, 0.25) is 0 Å². The van der Waals surface area contributed by atoms with Gasteiger partial charge in [-0.15, -0.1) is 0 Å². The van der Waals surface area contributed by atoms with E-state index >= 15 is 0 Å². The van der Waals surface area contributed by atoms with Crippen molar-refractivity contribution < 1.29 is 22.0 Å². The second kappa shape index (κ2) is 5.00. The Kier molecular flexibility index (Phi) is 4.34. The Balaban J connectivity index is 3.00. The maximum Gasteiger partial charge on any atom is 0.390 e. The largest absolute Gasteiger partial charge is 0.390 e. The molecule has 1 rings (SSSR count). The summed E-state index contributed by atoms with van der Waals surface area (Å²) in [4.78, 5) is -1.30. The summed E-state index contributed by atoms with van der Waals surface area (Å²) in [5, 5.41) is 0. The van der Waals surface area contributed by atoms with Gasteiger partial charge >= 0.3 is 6.18 Å². The van der Waals surface area contributed by atoms with Gasteiger partial charge in [-0.1, -0.05) is 15.9 Å². The molecule has 0 aliphatic carbocycles. The first kappa shape index (κ1) is 13.9. The molecule has 0 aliphatic rings. The van der Waals surface area contributed by atoms with Crippen molar-refractivity contribution in [2.24, 2.45) is 0 Å². The molecule has 0 amide bonds. The van der Waals surface area contributed by atoms with Crippen molar-refractivity contribution in [3.8, 4) is 0 Å². The molecule has 7 heteroatoms. The van der Waals surface area contributed by atoms with Crippen LogP contribution in [-0.4, -0.2) is 6.18 Å². The van der Waals surface area contributed by atoms with E-state index in [1.165, 1.54) is 0 Å². The number of hydrogen-bond acceptors (Lipinski definition) is 0. The minimum atomic E-state index is -4.44. The quantitative estimate of drug-likeness (QED) is 0.387. The van der Waals surface area contributed by atoms with E-state index in [0.717, 1.165) is 12.1 Å². The van der Waals surface area contributed by atoms with Crippen molar-refractivity contribution in [1.29, 1.82) is 0 Å². The van der Waals surface area contributed by atoms with Crippen LogP contribution in [0.5, 0.6) is 0 Å². The van der Waals surface area contributed by atoms with Crippen molar-refractivity contribution >= 4 is 31.9 Å². The van der Waals surface area contributed by atoms with Gasteiger partial charge in [-0.05, 0) is 28.1 Å². The van der Waals surface area contributed by atoms with Crippen molar-refractivity contribution in [3.63, 3.8) is 0 Å². The number of rotatable bonds is 2. The Hall–Kier alpha value is -0.170. The molecular formula is C9H5Br2F5. The van der Waals surface area contributed by atoms with E-state index in [1.807, 2.05) is 0 Å². The highest BCUT2D eigenvalue weighted by Gasteiger charge is 2.32. The molecule has 0 fully saturated rings. The second-order valence-corrected chi connectivity index (χ2v) is 5.03. The van der Waals surface area contributed by atoms with Gasteiger partial charge in [0.05, 0.1) is 15.7 Å². The van der Waals surface area contributed by atoms with Crippen molar-refractivity contribution in [2.75, 3.05) is 0 Å². The predicted octanol–water partition coefficient (Wildman–Crippen LogP) is 5.12. The molecule has 0 radical (unpaired) electrons. The van der Waals surface area contributed by atoms with E-state index in [2.05, 4.69) is 31.9 Å². The topological polar surface area (TPSA) is 0 Å². The molecule has 1 unspecified atom stereocenters. The van der Waals surface area contributed by atoms with Gasteiger partial charge in [-0.3, -0.25) is 0 Å². The Morgan fingerprint density at radius 2 is 1.69 bits per heavy atom. The van der Waals surface area contributed by atoms with Crippen LogP contribution in [0.4, 0.5) is 22.0 Å². The van der Waals surface area contributed by atoms with Crippen LogP contribution in [0.2, 0.25) is 0 Å². The third kappa shape index (κ3) is 3.69. The highest BCUT2D eigenvalue weighted by molar-refractivity contribution is 9.10. The van der Waals surface area contributed by atoms with E-state index < -0.39 is 29.1 Å². The monoisotopic (exact) mass is 366 g/mol. The Morgan fingerprint density at radius 1 is 1.12 bits per heavy atom. The molecular weight excluding hydrogens is 363 g/mol. The zero-order chi connectivity index (χ0) is 12.5. The SMILES string of the molecule is Fc1cc(C(Br)CC(F)(F)F)c(F)cc1Br. The average molecular weight is 368 g/mol. The Bertz CT molecular complexity index is 388. The van der Waals surface area contributed by atoms with Crippen LogP contribution in [-0.2, 0) is 0 Å². The molecule has 1 aromatic rings. The van der Waals surface area contributed by atoms with Gasteiger partial charge in [0.1, 0.15) is 11.6 Å². The summed E-state index contributed by atoms with van der Waals surface area (Å²) in [6.45, 7) is 0. The first-order valence-corrected chi connectivity index (χ1v) is 5.77. The average Bonchev–Trinajstić information content (AvgIpc) is 2.08. The summed E-state index contributed by atoms with van der Waals surface area (Å²) in [7, 11) is 0. The summed E-state index contributed by atoms with van der Waals surface area (Å²) >= 11 is 5.43. The molecule has 0 aliphatic heterocycles. The lowest BCUT2D eigenvalue weighted by atomic mass is 10.1. The third-order valence-electron chi connectivity index (χ3n) is 1.79. The molecule has 0 nitrogen and oxygen atoms in total. The summed E-state index contributed by atoms with van der Waals surface area (Å²) in [6, 6.07) is 1.54. The van der Waals surface area contributed by atoms with Gasteiger partial charge < -0.3 is 0 Å². The Labute approximate surface area is 105 Å². The molecule has 1 aromatic carbocycles. The fourth-order valence-corrected chi connectivity index (χ4v) is 2.12. The zero-order valence-corrected chi connectivity index (χ0v) is 10.8. The van der Waals surface area contributed by atoms with Crippen LogP contribution in [0.15, 0.2) is 16.6 Å². The highest BCUT2D eigenvalue weighted by atomic mass is 79.9. The minimum absolute atomic E-state index is 0.125. The number of alkyl halides is 4. The van der Waals surface area contributed by atoms with Crippen LogP contribution >= 0.6 is 31.9 Å². The lowest BCUT2D eigenvalue weighted by molar-refractivity contribution is -0.134. The summed E-state index contributed by atoms with van der Waals surface area (Å²) in [5.74, 6) is -1.69. The van der Waals surface area contributed by atoms with Gasteiger partial charge in [0.15, 0.2) is 0 Å². The fraction of sp³-hybridized carbons (Fsp3) is 0.333. The van der Waals surface area contributed by atoms with Crippen LogP contribution < -0.4 is 0 Å². The predicted molar refractivity (Wildman–Crippen MR) is 56.4 cm³/mol. The van der Waals surface area contributed by atoms with E-state index in [-0.39, 0.29) is 10.0 Å². The van der Waals surface area contributed by atoms with Crippen molar-refractivity contribution in [3.05, 3.63) is 33.8 Å². The molecule has 0 saturated carbocycles. The number of benzene rings is 1. The van der Waals surface area contributed by atoms with E-state index in [0.29, 0.717) is 0 Å². The maximum atomic E-state index is 13.3. The van der Waals surface area contributed by atoms with Crippen molar-refractivity contribution in [2.45, 2.75) is 17.4 Å². The lowest BCUT2D eigenvalue weighted by Crippen LogP contribution is -2.11. The second-order valence-electron chi connectivity index (χ2n) is 3.07. The smallest absolute Gasteiger partial charge is 0.207 e. The normalized spacial score (nSPS) is 13.9. The molecule has 0 bridgehead atoms. The molecule has 16 heavy (non-hydrogen) atoms. The molecule has 0 saturated heterocycles. The van der Waals surface area contributed by atoms with Crippen LogP contribution in [0.25, 0.3) is 0 Å². The fourth-order valence-electron chi connectivity index (χ4n) is 1.09. The molecule has 0 aromatic heterocycles. The summed E-state index contributed by atoms with van der Waals surface area (Å²) in [5.41, 5.74) is -0.349. The highest BCUT2D eigenvalue weighted by Crippen LogP contribution is 2.37. The Morgan fingerprint density at radius 3 is 2.19 bits per heavy atom. The van der Waals surface area contributed by atoms with E-state index in [1.54, 1.807) is 0 Å². The molecule has 0 heterocycles. The van der Waals surface area contributed by atoms with Gasteiger partial charge in [0, 0.05) is 5.56 Å². The van der Waals surface area contributed by atoms with Crippen LogP contribution in [0.3, 0.4) is 0 Å². The summed E-state index contributed by atoms with van der Waals surface area (Å²) < 4.78 is 62.3. The number of hydrogen-bond donors (Lipinski definition) is 0. The standard InChI is InChI=1S/C9H5Br2F5/c10-5-2-7(12)4(1-8(5)13)6(11)3-9(14,15)16/h1-2,6H,3H2. The minimum Gasteiger partial charge on any atom is -0.207 e. The lowest BCUT2D eigenvalue weighted by Gasteiger charge is -2.14. The molecule has 0 spiro atoms. The van der Waals surface area contributed by atoms with Gasteiger partial charge in [-0.25, -0.2) is 8.78 Å². The molecule has 1 atom stereocenters. The maximum absolute atomic E-state index is 13.3. The summed E-state index contributed by atoms with van der Waals surface area (Å²) in [6.07, 6.45) is -5.70. The third-order valence-corrected chi connectivity index (χ3v) is 3.21. The van der Waals surface area contributed by atoms with Gasteiger partial charge in [-0.2, -0.15) is 13.2 Å². The van der Waals surface area contributed by atoms with Crippen LogP contribution in [0, 0.1) is 11.6 Å². The number of halogens is 7. The molecule has 0 N–H and O–H groups in total. The van der Waals surface area contributed by atoms with Crippen molar-refractivity contribution in [1.82, 2.24) is 0 Å².